The van der Waals surface area contributed by atoms with Crippen LogP contribution in [0.25, 0.3) is 0 Å². The Balaban J connectivity index is 1.73. The van der Waals surface area contributed by atoms with Gasteiger partial charge in [-0.25, -0.2) is 4.68 Å². The summed E-state index contributed by atoms with van der Waals surface area (Å²) in [7, 11) is 0. The van der Waals surface area contributed by atoms with E-state index in [9.17, 15) is 4.79 Å². The number of aromatic nitrogens is 3. The average Bonchev–Trinajstić information content (AvgIpc) is 3.20. The molecule has 0 bridgehead atoms. The number of allylic oxidation sites excluding steroid dienone is 1. The summed E-state index contributed by atoms with van der Waals surface area (Å²) in [5.41, 5.74) is 2.97. The van der Waals surface area contributed by atoms with Gasteiger partial charge in [0.05, 0.1) is 12.2 Å². The Morgan fingerprint density at radius 2 is 2.03 bits per heavy atom. The van der Waals surface area contributed by atoms with E-state index in [4.69, 9.17) is 4.74 Å². The molecule has 0 saturated carbocycles. The van der Waals surface area contributed by atoms with Crippen LogP contribution in [0.2, 0.25) is 0 Å². The number of ether oxygens (including phenoxy) is 1. The largest absolute Gasteiger partial charge is 0.494 e. The normalized spacial score (nSPS) is 15.4. The summed E-state index contributed by atoms with van der Waals surface area (Å²) < 4.78 is 7.52. The van der Waals surface area contributed by atoms with Gasteiger partial charge in [0.15, 0.2) is 0 Å². The first kappa shape index (κ1) is 18.7. The minimum absolute atomic E-state index is 0.188. The maximum absolute atomic E-state index is 13.2. The van der Waals surface area contributed by atoms with E-state index in [1.165, 1.54) is 6.33 Å². The van der Waals surface area contributed by atoms with Crippen LogP contribution in [0, 0.1) is 0 Å². The van der Waals surface area contributed by atoms with Crippen LogP contribution < -0.4 is 15.4 Å². The number of nitrogens with zero attached hydrogens (tertiary/aromatic N) is 3. The molecule has 1 aliphatic rings. The number of nitrogens with one attached hydrogen (secondary N) is 2. The Morgan fingerprint density at radius 3 is 2.83 bits per heavy atom. The number of carbonyl (C=O) groups is 1. The molecule has 2 N–H and O–H groups in total. The molecule has 29 heavy (non-hydrogen) atoms. The van der Waals surface area contributed by atoms with E-state index in [0.717, 1.165) is 29.1 Å². The zero-order chi connectivity index (χ0) is 20.2. The molecule has 7 heteroatoms. The fourth-order valence-corrected chi connectivity index (χ4v) is 3.41. The zero-order valence-electron chi connectivity index (χ0n) is 16.4. The van der Waals surface area contributed by atoms with Gasteiger partial charge < -0.3 is 15.4 Å². The van der Waals surface area contributed by atoms with Crippen molar-refractivity contribution in [2.75, 3.05) is 17.2 Å². The van der Waals surface area contributed by atoms with Crippen LogP contribution in [-0.4, -0.2) is 27.3 Å². The van der Waals surface area contributed by atoms with Crippen molar-refractivity contribution < 1.29 is 9.53 Å². The van der Waals surface area contributed by atoms with Gasteiger partial charge in [0.2, 0.25) is 5.95 Å². The second-order valence-corrected chi connectivity index (χ2v) is 6.84. The third-order valence-corrected chi connectivity index (χ3v) is 4.72. The van der Waals surface area contributed by atoms with Gasteiger partial charge in [-0.15, -0.1) is 0 Å². The minimum Gasteiger partial charge on any atom is -0.494 e. The van der Waals surface area contributed by atoms with E-state index in [0.29, 0.717) is 18.1 Å². The third-order valence-electron chi connectivity index (χ3n) is 4.72. The van der Waals surface area contributed by atoms with Crippen molar-refractivity contribution in [2.45, 2.75) is 26.3 Å². The van der Waals surface area contributed by atoms with E-state index in [1.54, 1.807) is 4.68 Å². The Kier molecular flexibility index (Phi) is 5.29. The predicted octanol–water partition coefficient (Wildman–Crippen LogP) is 3.99. The number of benzene rings is 2. The number of fused-ring (bicyclic) bond motifs is 1. The molecule has 7 nitrogen and oxygen atoms in total. The molecule has 0 spiro atoms. The predicted molar refractivity (Wildman–Crippen MR) is 112 cm³/mol. The molecule has 2 heterocycles. The van der Waals surface area contributed by atoms with Crippen LogP contribution in [0.3, 0.4) is 0 Å². The molecule has 1 unspecified atom stereocenters. The Hall–Kier alpha value is -3.61. The molecule has 3 aromatic rings. The van der Waals surface area contributed by atoms with Gasteiger partial charge in [0, 0.05) is 11.4 Å². The number of hydrogen-bond donors (Lipinski definition) is 2. The molecule has 4 rings (SSSR count). The van der Waals surface area contributed by atoms with Gasteiger partial charge in [-0.3, -0.25) is 4.79 Å². The number of rotatable bonds is 6. The number of hydrogen-bond acceptors (Lipinski definition) is 5. The lowest BCUT2D eigenvalue weighted by atomic mass is 9.95. The summed E-state index contributed by atoms with van der Waals surface area (Å²) in [6.07, 6.45) is 2.41. The van der Waals surface area contributed by atoms with Crippen LogP contribution in [0.15, 0.2) is 72.2 Å². The molecule has 0 aliphatic carbocycles. The third kappa shape index (κ3) is 3.85. The Morgan fingerprint density at radius 1 is 1.21 bits per heavy atom. The Bertz CT molecular complexity index is 1040. The molecule has 0 radical (unpaired) electrons. The first-order chi connectivity index (χ1) is 14.2. The highest BCUT2D eigenvalue weighted by atomic mass is 16.5. The SMILES string of the molecule is CCCOc1cccc(C2C(C(=O)Nc3ccccc3)=C(C)Nc3ncnn32)c1. The van der Waals surface area contributed by atoms with Crippen molar-refractivity contribution in [3.8, 4) is 5.75 Å². The first-order valence-electron chi connectivity index (χ1n) is 9.64. The van der Waals surface area contributed by atoms with Gasteiger partial charge in [0.25, 0.3) is 5.91 Å². The molecule has 2 aromatic carbocycles. The molecule has 1 aromatic heterocycles. The fourth-order valence-electron chi connectivity index (χ4n) is 3.41. The molecule has 1 atom stereocenters. The van der Waals surface area contributed by atoms with Crippen LogP contribution in [-0.2, 0) is 4.79 Å². The number of carbonyl (C=O) groups excluding carboxylic acids is 1. The van der Waals surface area contributed by atoms with E-state index < -0.39 is 6.04 Å². The summed E-state index contributed by atoms with van der Waals surface area (Å²) in [4.78, 5) is 17.5. The van der Waals surface area contributed by atoms with Gasteiger partial charge in [-0.2, -0.15) is 10.1 Å². The van der Waals surface area contributed by atoms with Crippen molar-refractivity contribution in [1.82, 2.24) is 14.8 Å². The second-order valence-electron chi connectivity index (χ2n) is 6.84. The highest BCUT2D eigenvalue weighted by molar-refractivity contribution is 6.06. The lowest BCUT2D eigenvalue weighted by Gasteiger charge is -2.29. The minimum atomic E-state index is -0.414. The number of amides is 1. The summed E-state index contributed by atoms with van der Waals surface area (Å²) in [6, 6.07) is 16.8. The topological polar surface area (TPSA) is 81.1 Å². The molecule has 1 amide bonds. The highest BCUT2D eigenvalue weighted by Gasteiger charge is 2.33. The van der Waals surface area contributed by atoms with Gasteiger partial charge in [-0.05, 0) is 43.2 Å². The Labute approximate surface area is 169 Å². The molecule has 0 saturated heterocycles. The molecular formula is C22H23N5O2. The maximum atomic E-state index is 13.2. The summed E-state index contributed by atoms with van der Waals surface area (Å²) >= 11 is 0. The zero-order valence-corrected chi connectivity index (χ0v) is 16.4. The molecule has 148 valence electrons. The smallest absolute Gasteiger partial charge is 0.255 e. The van der Waals surface area contributed by atoms with Crippen molar-refractivity contribution in [1.29, 1.82) is 0 Å². The lowest BCUT2D eigenvalue weighted by Crippen LogP contribution is -2.31. The maximum Gasteiger partial charge on any atom is 0.255 e. The van der Waals surface area contributed by atoms with Crippen molar-refractivity contribution in [3.63, 3.8) is 0 Å². The van der Waals surface area contributed by atoms with Crippen LogP contribution >= 0.6 is 0 Å². The first-order valence-corrected chi connectivity index (χ1v) is 9.64. The van der Waals surface area contributed by atoms with Gasteiger partial charge >= 0.3 is 0 Å². The second kappa shape index (κ2) is 8.18. The molecular weight excluding hydrogens is 366 g/mol. The van der Waals surface area contributed by atoms with E-state index in [2.05, 4.69) is 27.6 Å². The van der Waals surface area contributed by atoms with Gasteiger partial charge in [0.1, 0.15) is 18.1 Å². The average molecular weight is 389 g/mol. The van der Waals surface area contributed by atoms with E-state index in [-0.39, 0.29) is 5.91 Å². The molecule has 1 aliphatic heterocycles. The highest BCUT2D eigenvalue weighted by Crippen LogP contribution is 2.36. The van der Waals surface area contributed by atoms with Crippen molar-refractivity contribution in [3.05, 3.63) is 77.8 Å². The van der Waals surface area contributed by atoms with E-state index >= 15 is 0 Å². The lowest BCUT2D eigenvalue weighted by molar-refractivity contribution is -0.113. The van der Waals surface area contributed by atoms with Crippen molar-refractivity contribution >= 4 is 17.5 Å². The fraction of sp³-hybridized carbons (Fsp3) is 0.227. The quantitative estimate of drug-likeness (QED) is 0.666. The standard InChI is InChI=1S/C22H23N5O2/c1-3-12-29-18-11-7-8-16(13-18)20-19(15(2)25-22-23-14-24-27(20)22)21(28)26-17-9-5-4-6-10-17/h4-11,13-14,20H,3,12H2,1-2H3,(H,26,28)(H,23,24,25). The van der Waals surface area contributed by atoms with Crippen LogP contribution in [0.1, 0.15) is 31.9 Å². The van der Waals surface area contributed by atoms with E-state index in [1.807, 2.05) is 61.5 Å². The number of para-hydroxylation sites is 1. The summed E-state index contributed by atoms with van der Waals surface area (Å²) in [5, 5.41) is 10.5. The van der Waals surface area contributed by atoms with Crippen LogP contribution in [0.5, 0.6) is 5.75 Å². The summed E-state index contributed by atoms with van der Waals surface area (Å²) in [6.45, 7) is 4.58. The van der Waals surface area contributed by atoms with Crippen LogP contribution in [0.4, 0.5) is 11.6 Å². The summed E-state index contributed by atoms with van der Waals surface area (Å²) in [5.74, 6) is 1.18. The monoisotopic (exact) mass is 389 g/mol. The van der Waals surface area contributed by atoms with Crippen molar-refractivity contribution in [2.24, 2.45) is 0 Å². The van der Waals surface area contributed by atoms with Gasteiger partial charge in [-0.1, -0.05) is 37.3 Å². The number of anilines is 2. The molecule has 0 fully saturated rings.